The summed E-state index contributed by atoms with van der Waals surface area (Å²) in [6.45, 7) is 6.12. The standard InChI is InChI=1S/C20H24N2O4/c1-14(2)15-6-7-17(25-3)16(13-15)19(23)21-8-10-22(11-9-21)20(24)18-5-4-12-26-18/h4-7,12-14H,8-11H2,1-3H3. The van der Waals surface area contributed by atoms with Crippen molar-refractivity contribution in [2.24, 2.45) is 0 Å². The van der Waals surface area contributed by atoms with E-state index in [1.807, 2.05) is 18.2 Å². The molecule has 1 aliphatic heterocycles. The van der Waals surface area contributed by atoms with Crippen LogP contribution in [0.5, 0.6) is 5.75 Å². The van der Waals surface area contributed by atoms with Crippen molar-refractivity contribution in [3.05, 3.63) is 53.5 Å². The smallest absolute Gasteiger partial charge is 0.289 e. The van der Waals surface area contributed by atoms with Gasteiger partial charge in [0.1, 0.15) is 5.75 Å². The predicted molar refractivity (Wildman–Crippen MR) is 97.6 cm³/mol. The van der Waals surface area contributed by atoms with Crippen molar-refractivity contribution in [1.29, 1.82) is 0 Å². The van der Waals surface area contributed by atoms with E-state index >= 15 is 0 Å². The molecule has 1 aromatic carbocycles. The van der Waals surface area contributed by atoms with E-state index in [1.54, 1.807) is 29.0 Å². The lowest BCUT2D eigenvalue weighted by Gasteiger charge is -2.34. The second-order valence-electron chi connectivity index (χ2n) is 6.68. The Balaban J connectivity index is 1.70. The lowest BCUT2D eigenvalue weighted by atomic mass is 9.99. The maximum absolute atomic E-state index is 13.0. The third-order valence-corrected chi connectivity index (χ3v) is 4.71. The van der Waals surface area contributed by atoms with E-state index in [0.29, 0.717) is 49.2 Å². The highest BCUT2D eigenvalue weighted by atomic mass is 16.5. The van der Waals surface area contributed by atoms with Crippen molar-refractivity contribution in [3.8, 4) is 5.75 Å². The summed E-state index contributed by atoms with van der Waals surface area (Å²) < 4.78 is 10.5. The summed E-state index contributed by atoms with van der Waals surface area (Å²) in [6.07, 6.45) is 1.49. The van der Waals surface area contributed by atoms with Gasteiger partial charge in [0.15, 0.2) is 5.76 Å². The summed E-state index contributed by atoms with van der Waals surface area (Å²) in [4.78, 5) is 28.8. The minimum absolute atomic E-state index is 0.0607. The number of furan rings is 1. The number of piperazine rings is 1. The summed E-state index contributed by atoms with van der Waals surface area (Å²) in [5.41, 5.74) is 1.67. The van der Waals surface area contributed by atoms with Crippen LogP contribution in [0, 0.1) is 0 Å². The maximum Gasteiger partial charge on any atom is 0.289 e. The first kappa shape index (κ1) is 18.0. The van der Waals surface area contributed by atoms with Crippen molar-refractivity contribution in [2.45, 2.75) is 19.8 Å². The van der Waals surface area contributed by atoms with Crippen LogP contribution in [0.2, 0.25) is 0 Å². The number of carbonyl (C=O) groups is 2. The summed E-state index contributed by atoms with van der Waals surface area (Å²) in [5, 5.41) is 0. The first-order valence-corrected chi connectivity index (χ1v) is 8.81. The minimum atomic E-state index is -0.138. The number of benzene rings is 1. The Morgan fingerprint density at radius 2 is 1.69 bits per heavy atom. The molecule has 26 heavy (non-hydrogen) atoms. The highest BCUT2D eigenvalue weighted by Crippen LogP contribution is 2.26. The van der Waals surface area contributed by atoms with Gasteiger partial charge >= 0.3 is 0 Å². The largest absolute Gasteiger partial charge is 0.496 e. The third kappa shape index (κ3) is 3.59. The minimum Gasteiger partial charge on any atom is -0.496 e. The molecule has 6 nitrogen and oxygen atoms in total. The summed E-state index contributed by atoms with van der Waals surface area (Å²) in [6, 6.07) is 9.09. The Hall–Kier alpha value is -2.76. The van der Waals surface area contributed by atoms with E-state index in [2.05, 4.69) is 13.8 Å². The van der Waals surface area contributed by atoms with Crippen molar-refractivity contribution in [3.63, 3.8) is 0 Å². The summed E-state index contributed by atoms with van der Waals surface area (Å²) in [7, 11) is 1.57. The van der Waals surface area contributed by atoms with Crippen LogP contribution < -0.4 is 4.74 Å². The lowest BCUT2D eigenvalue weighted by molar-refractivity contribution is 0.0516. The van der Waals surface area contributed by atoms with Crippen molar-refractivity contribution >= 4 is 11.8 Å². The highest BCUT2D eigenvalue weighted by Gasteiger charge is 2.28. The highest BCUT2D eigenvalue weighted by molar-refractivity contribution is 5.97. The van der Waals surface area contributed by atoms with E-state index in [1.165, 1.54) is 6.26 Å². The van der Waals surface area contributed by atoms with Gasteiger partial charge in [0.25, 0.3) is 11.8 Å². The van der Waals surface area contributed by atoms with E-state index in [4.69, 9.17) is 9.15 Å². The Morgan fingerprint density at radius 3 is 2.23 bits per heavy atom. The van der Waals surface area contributed by atoms with Gasteiger partial charge in [-0.1, -0.05) is 19.9 Å². The molecule has 0 saturated carbocycles. The van der Waals surface area contributed by atoms with Crippen LogP contribution in [0.4, 0.5) is 0 Å². The Morgan fingerprint density at radius 1 is 1.04 bits per heavy atom. The second-order valence-corrected chi connectivity index (χ2v) is 6.68. The lowest BCUT2D eigenvalue weighted by Crippen LogP contribution is -2.50. The summed E-state index contributed by atoms with van der Waals surface area (Å²) in [5.74, 6) is 1.04. The molecule has 0 atom stereocenters. The van der Waals surface area contributed by atoms with E-state index in [0.717, 1.165) is 5.56 Å². The molecule has 2 amide bonds. The summed E-state index contributed by atoms with van der Waals surface area (Å²) >= 11 is 0. The van der Waals surface area contributed by atoms with Crippen LogP contribution in [-0.2, 0) is 0 Å². The first-order valence-electron chi connectivity index (χ1n) is 8.81. The molecule has 0 N–H and O–H groups in total. The SMILES string of the molecule is COc1ccc(C(C)C)cc1C(=O)N1CCN(C(=O)c2ccco2)CC1. The number of hydrogen-bond donors (Lipinski definition) is 0. The number of carbonyl (C=O) groups excluding carboxylic acids is 2. The molecule has 0 bridgehead atoms. The fourth-order valence-corrected chi connectivity index (χ4v) is 3.09. The molecule has 2 aromatic rings. The van der Waals surface area contributed by atoms with Gasteiger partial charge in [-0.25, -0.2) is 0 Å². The zero-order chi connectivity index (χ0) is 18.7. The number of hydrogen-bond acceptors (Lipinski definition) is 4. The third-order valence-electron chi connectivity index (χ3n) is 4.71. The van der Waals surface area contributed by atoms with Crippen molar-refractivity contribution in [2.75, 3.05) is 33.3 Å². The predicted octanol–water partition coefficient (Wildman–Crippen LogP) is 3.01. The topological polar surface area (TPSA) is 63.0 Å². The van der Waals surface area contributed by atoms with Crippen LogP contribution in [-0.4, -0.2) is 54.9 Å². The zero-order valence-electron chi connectivity index (χ0n) is 15.4. The molecular formula is C20H24N2O4. The normalized spacial score (nSPS) is 14.6. The van der Waals surface area contributed by atoms with Gasteiger partial charge in [0.05, 0.1) is 18.9 Å². The number of nitrogens with zero attached hydrogens (tertiary/aromatic N) is 2. The number of amides is 2. The van der Waals surface area contributed by atoms with E-state index < -0.39 is 0 Å². The van der Waals surface area contributed by atoms with Crippen LogP contribution in [0.25, 0.3) is 0 Å². The second kappa shape index (κ2) is 7.64. The molecule has 6 heteroatoms. The van der Waals surface area contributed by atoms with Crippen molar-refractivity contribution in [1.82, 2.24) is 9.80 Å². The molecule has 1 fully saturated rings. The molecule has 2 heterocycles. The number of ether oxygens (including phenoxy) is 1. The Bertz CT molecular complexity index is 775. The molecule has 0 spiro atoms. The average Bonchev–Trinajstić information content (AvgIpc) is 3.21. The first-order chi connectivity index (χ1) is 12.5. The van der Waals surface area contributed by atoms with Gasteiger partial charge in [0, 0.05) is 26.2 Å². The van der Waals surface area contributed by atoms with Crippen LogP contribution in [0.1, 0.15) is 46.2 Å². The van der Waals surface area contributed by atoms with Gasteiger partial charge in [-0.2, -0.15) is 0 Å². The van der Waals surface area contributed by atoms with Crippen LogP contribution >= 0.6 is 0 Å². The zero-order valence-corrected chi connectivity index (χ0v) is 15.4. The monoisotopic (exact) mass is 356 g/mol. The molecule has 3 rings (SSSR count). The number of rotatable bonds is 4. The quantitative estimate of drug-likeness (QED) is 0.845. The number of methoxy groups -OCH3 is 1. The molecule has 1 saturated heterocycles. The van der Waals surface area contributed by atoms with Gasteiger partial charge in [0.2, 0.25) is 0 Å². The Kier molecular flexibility index (Phi) is 5.30. The molecule has 1 aromatic heterocycles. The van der Waals surface area contributed by atoms with Crippen LogP contribution in [0.15, 0.2) is 41.0 Å². The fraction of sp³-hybridized carbons (Fsp3) is 0.400. The molecule has 138 valence electrons. The Labute approximate surface area is 153 Å². The average molecular weight is 356 g/mol. The molecule has 0 aliphatic carbocycles. The van der Waals surface area contributed by atoms with Gasteiger partial charge in [-0.05, 0) is 35.7 Å². The molecule has 0 radical (unpaired) electrons. The van der Waals surface area contributed by atoms with Gasteiger partial charge in [-0.15, -0.1) is 0 Å². The maximum atomic E-state index is 13.0. The van der Waals surface area contributed by atoms with E-state index in [-0.39, 0.29) is 11.8 Å². The van der Waals surface area contributed by atoms with Crippen molar-refractivity contribution < 1.29 is 18.7 Å². The molecule has 1 aliphatic rings. The van der Waals surface area contributed by atoms with E-state index in [9.17, 15) is 9.59 Å². The fourth-order valence-electron chi connectivity index (χ4n) is 3.09. The van der Waals surface area contributed by atoms with Gasteiger partial charge in [-0.3, -0.25) is 9.59 Å². The van der Waals surface area contributed by atoms with Gasteiger partial charge < -0.3 is 19.0 Å². The van der Waals surface area contributed by atoms with Crippen LogP contribution in [0.3, 0.4) is 0 Å². The molecular weight excluding hydrogens is 332 g/mol. The molecule has 0 unspecified atom stereocenters.